The summed E-state index contributed by atoms with van der Waals surface area (Å²) in [5.74, 6) is 0.0354. The molecular weight excluding hydrogens is 358 g/mol. The summed E-state index contributed by atoms with van der Waals surface area (Å²) >= 11 is 0. The number of rotatable bonds is 6. The van der Waals surface area contributed by atoms with Gasteiger partial charge in [-0.25, -0.2) is 4.79 Å². The number of para-hydroxylation sites is 1. The molecule has 3 rings (SSSR count). The van der Waals surface area contributed by atoms with Gasteiger partial charge in [0.15, 0.2) is 0 Å². The van der Waals surface area contributed by atoms with E-state index in [0.717, 1.165) is 24.6 Å². The summed E-state index contributed by atoms with van der Waals surface area (Å²) in [7, 11) is 3.71. The topological polar surface area (TPSA) is 82.9 Å². The molecule has 0 saturated carbocycles. The Morgan fingerprint density at radius 2 is 2.07 bits per heavy atom. The van der Waals surface area contributed by atoms with Crippen molar-refractivity contribution in [2.75, 3.05) is 40.3 Å². The van der Waals surface area contributed by atoms with Crippen LogP contribution in [0.15, 0.2) is 39.5 Å². The van der Waals surface area contributed by atoms with Crippen LogP contribution in [0.3, 0.4) is 0 Å². The van der Waals surface area contributed by atoms with Crippen LogP contribution in [0, 0.1) is 5.92 Å². The lowest BCUT2D eigenvalue weighted by atomic mass is 9.94. The van der Waals surface area contributed by atoms with Gasteiger partial charge < -0.3 is 19.5 Å². The highest BCUT2D eigenvalue weighted by atomic mass is 16.4. The Balaban J connectivity index is 1.61. The summed E-state index contributed by atoms with van der Waals surface area (Å²) in [4.78, 5) is 40.5. The average Bonchev–Trinajstić information content (AvgIpc) is 2.66. The maximum atomic E-state index is 12.9. The zero-order chi connectivity index (χ0) is 20.1. The number of carbonyl (C=O) groups excluding carboxylic acids is 2. The van der Waals surface area contributed by atoms with Gasteiger partial charge in [0.25, 0.3) is 5.91 Å². The van der Waals surface area contributed by atoms with Crippen LogP contribution in [0.5, 0.6) is 0 Å². The van der Waals surface area contributed by atoms with Crippen molar-refractivity contribution < 1.29 is 14.0 Å². The van der Waals surface area contributed by atoms with Gasteiger partial charge in [0, 0.05) is 25.0 Å². The molecule has 150 valence electrons. The van der Waals surface area contributed by atoms with E-state index in [2.05, 4.69) is 5.32 Å². The molecule has 2 aromatic rings. The Labute approximate surface area is 164 Å². The summed E-state index contributed by atoms with van der Waals surface area (Å²) in [6.45, 7) is 2.19. The fourth-order valence-corrected chi connectivity index (χ4v) is 3.63. The van der Waals surface area contributed by atoms with E-state index < -0.39 is 5.63 Å². The molecule has 7 heteroatoms. The molecule has 1 aliphatic heterocycles. The Hall–Kier alpha value is -2.67. The van der Waals surface area contributed by atoms with Crippen molar-refractivity contribution in [2.45, 2.75) is 19.3 Å². The molecule has 1 saturated heterocycles. The first-order chi connectivity index (χ1) is 13.4. The van der Waals surface area contributed by atoms with Crippen LogP contribution in [0.25, 0.3) is 11.0 Å². The number of fused-ring (bicyclic) bond motifs is 1. The molecule has 0 bridgehead atoms. The van der Waals surface area contributed by atoms with Gasteiger partial charge in [-0.05, 0) is 51.4 Å². The predicted octanol–water partition coefficient (Wildman–Crippen LogP) is 1.71. The number of amides is 2. The third-order valence-electron chi connectivity index (χ3n) is 5.01. The van der Waals surface area contributed by atoms with E-state index in [1.54, 1.807) is 23.1 Å². The molecule has 1 aromatic carbocycles. The number of benzene rings is 1. The second-order valence-corrected chi connectivity index (χ2v) is 7.62. The fourth-order valence-electron chi connectivity index (χ4n) is 3.63. The van der Waals surface area contributed by atoms with Crippen molar-refractivity contribution in [3.63, 3.8) is 0 Å². The largest absolute Gasteiger partial charge is 0.422 e. The Morgan fingerprint density at radius 3 is 2.86 bits per heavy atom. The zero-order valence-electron chi connectivity index (χ0n) is 16.4. The molecule has 28 heavy (non-hydrogen) atoms. The average molecular weight is 385 g/mol. The van der Waals surface area contributed by atoms with Crippen molar-refractivity contribution in [3.05, 3.63) is 46.3 Å². The number of hydrogen-bond donors (Lipinski definition) is 1. The second-order valence-electron chi connectivity index (χ2n) is 7.62. The second kappa shape index (κ2) is 9.01. The van der Waals surface area contributed by atoms with Gasteiger partial charge in [-0.3, -0.25) is 9.59 Å². The van der Waals surface area contributed by atoms with Gasteiger partial charge in [0.2, 0.25) is 5.91 Å². The first-order valence-corrected chi connectivity index (χ1v) is 9.67. The Bertz CT molecular complexity index is 906. The number of carbonyl (C=O) groups is 2. The number of piperidine rings is 1. The number of likely N-dealkylation sites (tertiary alicyclic amines) is 1. The monoisotopic (exact) mass is 385 g/mol. The molecule has 1 aromatic heterocycles. The first-order valence-electron chi connectivity index (χ1n) is 9.67. The van der Waals surface area contributed by atoms with Crippen LogP contribution in [-0.2, 0) is 4.79 Å². The highest BCUT2D eigenvalue weighted by Gasteiger charge is 2.26. The smallest absolute Gasteiger partial charge is 0.349 e. The van der Waals surface area contributed by atoms with E-state index in [1.165, 1.54) is 0 Å². The van der Waals surface area contributed by atoms with E-state index in [9.17, 15) is 14.4 Å². The van der Waals surface area contributed by atoms with Gasteiger partial charge in [-0.1, -0.05) is 18.2 Å². The number of hydrogen-bond acceptors (Lipinski definition) is 5. The van der Waals surface area contributed by atoms with Crippen LogP contribution < -0.4 is 10.9 Å². The predicted molar refractivity (Wildman–Crippen MR) is 107 cm³/mol. The molecule has 0 aliphatic carbocycles. The third kappa shape index (κ3) is 4.98. The summed E-state index contributed by atoms with van der Waals surface area (Å²) in [6, 6.07) is 8.79. The lowest BCUT2D eigenvalue weighted by Crippen LogP contribution is -2.42. The van der Waals surface area contributed by atoms with Crippen molar-refractivity contribution in [2.24, 2.45) is 5.92 Å². The van der Waals surface area contributed by atoms with Gasteiger partial charge >= 0.3 is 5.63 Å². The lowest BCUT2D eigenvalue weighted by molar-refractivity contribution is -0.121. The van der Waals surface area contributed by atoms with E-state index in [4.69, 9.17) is 4.42 Å². The van der Waals surface area contributed by atoms with Crippen molar-refractivity contribution in [1.29, 1.82) is 0 Å². The molecule has 2 amide bonds. The van der Waals surface area contributed by atoms with Crippen LogP contribution >= 0.6 is 0 Å². The highest BCUT2D eigenvalue weighted by Crippen LogP contribution is 2.21. The van der Waals surface area contributed by atoms with Crippen LogP contribution in [0.4, 0.5) is 0 Å². The Kier molecular flexibility index (Phi) is 6.46. The summed E-state index contributed by atoms with van der Waals surface area (Å²) in [6.07, 6.45) is 2.72. The van der Waals surface area contributed by atoms with Crippen LogP contribution in [-0.4, -0.2) is 61.9 Å². The minimum absolute atomic E-state index is 0.00233. The standard InChI is InChI=1S/C21H27N3O4/c1-23(2)14-19(25)22-10-9-15-6-5-11-24(13-15)20(26)17-12-16-7-3-4-8-18(16)28-21(17)27/h3-4,7-8,12,15H,5-6,9-11,13-14H2,1-2H3,(H,22,25). The minimum atomic E-state index is -0.596. The molecule has 1 aliphatic rings. The van der Waals surface area contributed by atoms with Gasteiger partial charge in [0.05, 0.1) is 6.54 Å². The molecule has 1 atom stereocenters. The van der Waals surface area contributed by atoms with E-state index >= 15 is 0 Å². The van der Waals surface area contributed by atoms with Crippen molar-refractivity contribution in [1.82, 2.24) is 15.1 Å². The molecule has 0 radical (unpaired) electrons. The maximum Gasteiger partial charge on any atom is 0.349 e. The fraction of sp³-hybridized carbons (Fsp3) is 0.476. The zero-order valence-corrected chi connectivity index (χ0v) is 16.4. The molecule has 1 fully saturated rings. The van der Waals surface area contributed by atoms with Crippen molar-refractivity contribution >= 4 is 22.8 Å². The molecule has 7 nitrogen and oxygen atoms in total. The van der Waals surface area contributed by atoms with Gasteiger partial charge in [-0.2, -0.15) is 0 Å². The van der Waals surface area contributed by atoms with E-state index in [0.29, 0.717) is 37.7 Å². The van der Waals surface area contributed by atoms with Crippen LogP contribution in [0.2, 0.25) is 0 Å². The normalized spacial score (nSPS) is 17.1. The number of nitrogens with one attached hydrogen (secondary N) is 1. The van der Waals surface area contributed by atoms with E-state index in [-0.39, 0.29) is 17.4 Å². The lowest BCUT2D eigenvalue weighted by Gasteiger charge is -2.32. The molecule has 2 heterocycles. The summed E-state index contributed by atoms with van der Waals surface area (Å²) in [5, 5.41) is 3.66. The third-order valence-corrected chi connectivity index (χ3v) is 5.01. The van der Waals surface area contributed by atoms with Crippen LogP contribution in [0.1, 0.15) is 29.6 Å². The first kappa shape index (κ1) is 20.1. The molecule has 1 N–H and O–H groups in total. The molecular formula is C21H27N3O4. The van der Waals surface area contributed by atoms with Gasteiger partial charge in [0.1, 0.15) is 11.1 Å². The van der Waals surface area contributed by atoms with E-state index in [1.807, 2.05) is 31.1 Å². The van der Waals surface area contributed by atoms with Gasteiger partial charge in [-0.15, -0.1) is 0 Å². The van der Waals surface area contributed by atoms with Crippen molar-refractivity contribution in [3.8, 4) is 0 Å². The highest BCUT2D eigenvalue weighted by molar-refractivity contribution is 5.96. The summed E-state index contributed by atoms with van der Waals surface area (Å²) in [5.41, 5.74) is -0.0329. The SMILES string of the molecule is CN(C)CC(=O)NCCC1CCCN(C(=O)c2cc3ccccc3oc2=O)C1. The number of nitrogens with zero attached hydrogens (tertiary/aromatic N) is 2. The summed E-state index contributed by atoms with van der Waals surface area (Å²) < 4.78 is 5.30. The molecule has 1 unspecified atom stereocenters. The maximum absolute atomic E-state index is 12.9. The Morgan fingerprint density at radius 1 is 1.29 bits per heavy atom. The number of likely N-dealkylation sites (N-methyl/N-ethyl adjacent to an activating group) is 1. The molecule has 0 spiro atoms. The quantitative estimate of drug-likeness (QED) is 0.766. The minimum Gasteiger partial charge on any atom is -0.422 e.